The van der Waals surface area contributed by atoms with Crippen LogP contribution < -0.4 is 11.1 Å². The third-order valence-corrected chi connectivity index (χ3v) is 4.27. The van der Waals surface area contributed by atoms with E-state index in [1.807, 2.05) is 31.3 Å². The van der Waals surface area contributed by atoms with Crippen molar-refractivity contribution in [2.45, 2.75) is 26.8 Å². The average Bonchev–Trinajstić information content (AvgIpc) is 2.85. The van der Waals surface area contributed by atoms with Crippen molar-refractivity contribution in [3.8, 4) is 0 Å². The predicted molar refractivity (Wildman–Crippen MR) is 85.9 cm³/mol. The highest BCUT2D eigenvalue weighted by molar-refractivity contribution is 7.80. The molecule has 1 aromatic carbocycles. The van der Waals surface area contributed by atoms with Gasteiger partial charge in [-0.25, -0.2) is 4.98 Å². The highest BCUT2D eigenvalue weighted by Crippen LogP contribution is 2.22. The third kappa shape index (κ3) is 3.30. The zero-order chi connectivity index (χ0) is 13.8. The molecule has 0 unspecified atom stereocenters. The second-order valence-electron chi connectivity index (χ2n) is 4.29. The molecule has 0 aliphatic rings. The van der Waals surface area contributed by atoms with E-state index in [1.54, 1.807) is 11.3 Å². The van der Waals surface area contributed by atoms with E-state index < -0.39 is 0 Å². The molecule has 5 heteroatoms. The van der Waals surface area contributed by atoms with Crippen LogP contribution in [-0.2, 0) is 13.0 Å². The van der Waals surface area contributed by atoms with Crippen molar-refractivity contribution >= 4 is 34.2 Å². The van der Waals surface area contributed by atoms with Crippen molar-refractivity contribution in [3.05, 3.63) is 45.4 Å². The lowest BCUT2D eigenvalue weighted by Crippen LogP contribution is -2.14. The molecule has 2 rings (SSSR count). The van der Waals surface area contributed by atoms with Crippen molar-refractivity contribution in [1.82, 2.24) is 4.98 Å². The molecule has 2 aromatic rings. The summed E-state index contributed by atoms with van der Waals surface area (Å²) in [6, 6.07) is 5.95. The van der Waals surface area contributed by atoms with Crippen LogP contribution in [0.5, 0.6) is 0 Å². The largest absolute Gasteiger partial charge is 0.389 e. The lowest BCUT2D eigenvalue weighted by atomic mass is 10.1. The van der Waals surface area contributed by atoms with Gasteiger partial charge in [0.25, 0.3) is 0 Å². The topological polar surface area (TPSA) is 50.9 Å². The Hall–Kier alpha value is -1.46. The minimum Gasteiger partial charge on any atom is -0.389 e. The van der Waals surface area contributed by atoms with Gasteiger partial charge in [-0.3, -0.25) is 0 Å². The number of thiazole rings is 1. The zero-order valence-electron chi connectivity index (χ0n) is 11.1. The van der Waals surface area contributed by atoms with Crippen molar-refractivity contribution in [1.29, 1.82) is 0 Å². The van der Waals surface area contributed by atoms with E-state index in [0.29, 0.717) is 11.5 Å². The number of nitrogens with zero attached hydrogens (tertiary/aromatic N) is 1. The van der Waals surface area contributed by atoms with Gasteiger partial charge in [0, 0.05) is 22.3 Å². The summed E-state index contributed by atoms with van der Waals surface area (Å²) in [5.41, 5.74) is 8.79. The van der Waals surface area contributed by atoms with Gasteiger partial charge < -0.3 is 11.1 Å². The number of hydrogen-bond acceptors (Lipinski definition) is 4. The maximum absolute atomic E-state index is 5.76. The van der Waals surface area contributed by atoms with E-state index >= 15 is 0 Å². The number of nitrogens with two attached hydrogens (primary N) is 1. The fraction of sp³-hybridized carbons (Fsp3) is 0.286. The molecule has 0 radical (unpaired) electrons. The van der Waals surface area contributed by atoms with E-state index in [9.17, 15) is 0 Å². The minimum absolute atomic E-state index is 0.416. The van der Waals surface area contributed by atoms with Crippen molar-refractivity contribution in [2.75, 3.05) is 5.32 Å². The summed E-state index contributed by atoms with van der Waals surface area (Å²) < 4.78 is 0. The Labute approximate surface area is 122 Å². The summed E-state index contributed by atoms with van der Waals surface area (Å²) in [5, 5.41) is 4.47. The van der Waals surface area contributed by atoms with E-state index in [4.69, 9.17) is 18.0 Å². The Morgan fingerprint density at radius 2 is 2.26 bits per heavy atom. The fourth-order valence-electron chi connectivity index (χ4n) is 1.86. The number of nitrogens with one attached hydrogen (secondary N) is 1. The van der Waals surface area contributed by atoms with Gasteiger partial charge in [0.2, 0.25) is 0 Å². The molecule has 0 fully saturated rings. The summed E-state index contributed by atoms with van der Waals surface area (Å²) in [5.74, 6) is 0. The second-order valence-corrected chi connectivity index (χ2v) is 5.93. The normalized spacial score (nSPS) is 10.4. The van der Waals surface area contributed by atoms with E-state index in [-0.39, 0.29) is 0 Å². The van der Waals surface area contributed by atoms with Crippen LogP contribution in [-0.4, -0.2) is 9.97 Å². The molecule has 0 aliphatic heterocycles. The first-order valence-electron chi connectivity index (χ1n) is 6.18. The Kier molecular flexibility index (Phi) is 4.50. The van der Waals surface area contributed by atoms with Crippen molar-refractivity contribution in [2.24, 2.45) is 5.73 Å². The lowest BCUT2D eigenvalue weighted by molar-refractivity contribution is 1.09. The SMILES string of the molecule is CCc1cnc(CNc2c(C)cccc2C(N)=S)s1. The van der Waals surface area contributed by atoms with E-state index in [2.05, 4.69) is 17.2 Å². The molecule has 0 spiro atoms. The number of aryl methyl sites for hydroxylation is 2. The summed E-state index contributed by atoms with van der Waals surface area (Å²) >= 11 is 6.82. The van der Waals surface area contributed by atoms with Crippen molar-refractivity contribution in [3.63, 3.8) is 0 Å². The number of rotatable bonds is 5. The standard InChI is InChI=1S/C14H17N3S2/c1-3-10-7-16-12(19-10)8-17-13-9(2)5-4-6-11(13)14(15)18/h4-7,17H,3,8H2,1-2H3,(H2,15,18). The predicted octanol–water partition coefficient (Wildman–Crippen LogP) is 3.26. The first kappa shape index (κ1) is 14.0. The highest BCUT2D eigenvalue weighted by atomic mass is 32.1. The van der Waals surface area contributed by atoms with Gasteiger partial charge in [-0.1, -0.05) is 31.3 Å². The number of aromatic nitrogens is 1. The number of para-hydroxylation sites is 1. The summed E-state index contributed by atoms with van der Waals surface area (Å²) in [4.78, 5) is 6.12. The quantitative estimate of drug-likeness (QED) is 0.830. The van der Waals surface area contributed by atoms with Crippen LogP contribution in [0.1, 0.15) is 27.9 Å². The average molecular weight is 291 g/mol. The number of anilines is 1. The first-order valence-corrected chi connectivity index (χ1v) is 7.41. The van der Waals surface area contributed by atoms with E-state index in [1.165, 1.54) is 4.88 Å². The van der Waals surface area contributed by atoms with Crippen LogP contribution in [0.2, 0.25) is 0 Å². The van der Waals surface area contributed by atoms with Gasteiger partial charge in [0.15, 0.2) is 0 Å². The highest BCUT2D eigenvalue weighted by Gasteiger charge is 2.08. The molecule has 3 nitrogen and oxygen atoms in total. The van der Waals surface area contributed by atoms with Crippen LogP contribution in [0.3, 0.4) is 0 Å². The molecule has 0 aliphatic carbocycles. The molecular weight excluding hydrogens is 274 g/mol. The van der Waals surface area contributed by atoms with Gasteiger partial charge in [-0.2, -0.15) is 0 Å². The first-order chi connectivity index (χ1) is 9.11. The molecule has 1 aromatic heterocycles. The lowest BCUT2D eigenvalue weighted by Gasteiger charge is -2.13. The molecule has 19 heavy (non-hydrogen) atoms. The maximum Gasteiger partial charge on any atom is 0.112 e. The van der Waals surface area contributed by atoms with Crippen LogP contribution in [0, 0.1) is 6.92 Å². The summed E-state index contributed by atoms with van der Waals surface area (Å²) in [7, 11) is 0. The van der Waals surface area contributed by atoms with Gasteiger partial charge >= 0.3 is 0 Å². The molecule has 0 saturated carbocycles. The van der Waals surface area contributed by atoms with Crippen molar-refractivity contribution < 1.29 is 0 Å². The van der Waals surface area contributed by atoms with Gasteiger partial charge in [-0.15, -0.1) is 11.3 Å². The number of thiocarbonyl (C=S) groups is 1. The Morgan fingerprint density at radius 3 is 2.89 bits per heavy atom. The molecule has 100 valence electrons. The Balaban J connectivity index is 2.17. The van der Waals surface area contributed by atoms with Crippen LogP contribution in [0.4, 0.5) is 5.69 Å². The molecule has 1 heterocycles. The second kappa shape index (κ2) is 6.12. The van der Waals surface area contributed by atoms with Crippen LogP contribution >= 0.6 is 23.6 Å². The van der Waals surface area contributed by atoms with Gasteiger partial charge in [0.05, 0.1) is 6.54 Å². The minimum atomic E-state index is 0.416. The fourth-order valence-corrected chi connectivity index (χ4v) is 2.84. The zero-order valence-corrected chi connectivity index (χ0v) is 12.7. The third-order valence-electron chi connectivity index (χ3n) is 2.90. The molecule has 0 atom stereocenters. The van der Waals surface area contributed by atoms with Crippen LogP contribution in [0.15, 0.2) is 24.4 Å². The van der Waals surface area contributed by atoms with Gasteiger partial charge in [0.1, 0.15) is 10.00 Å². The monoisotopic (exact) mass is 291 g/mol. The Morgan fingerprint density at radius 1 is 1.47 bits per heavy atom. The molecular formula is C14H17N3S2. The van der Waals surface area contributed by atoms with Crippen LogP contribution in [0.25, 0.3) is 0 Å². The molecule has 3 N–H and O–H groups in total. The summed E-state index contributed by atoms with van der Waals surface area (Å²) in [6.07, 6.45) is 2.97. The maximum atomic E-state index is 5.76. The van der Waals surface area contributed by atoms with Gasteiger partial charge in [-0.05, 0) is 25.0 Å². The number of hydrogen-bond donors (Lipinski definition) is 2. The smallest absolute Gasteiger partial charge is 0.112 e. The van der Waals surface area contributed by atoms with E-state index in [0.717, 1.165) is 28.2 Å². The molecule has 0 bridgehead atoms. The summed E-state index contributed by atoms with van der Waals surface area (Å²) in [6.45, 7) is 4.88. The Bertz CT molecular complexity index is 590. The molecule has 0 saturated heterocycles. The molecule has 0 amide bonds. The number of benzene rings is 1.